The normalized spacial score (nSPS) is 10.9. The van der Waals surface area contributed by atoms with E-state index in [1.807, 2.05) is 0 Å². The molecule has 1 atom stereocenters. The van der Waals surface area contributed by atoms with Gasteiger partial charge in [0.2, 0.25) is 6.29 Å². The van der Waals surface area contributed by atoms with Crippen LogP contribution in [-0.4, -0.2) is 49.8 Å². The highest BCUT2D eigenvalue weighted by molar-refractivity contribution is 5.71. The molecule has 0 fully saturated rings. The van der Waals surface area contributed by atoms with Crippen LogP contribution in [0.15, 0.2) is 0 Å². The molecule has 11 nitrogen and oxygen atoms in total. The molecule has 0 saturated heterocycles. The first kappa shape index (κ1) is 18.4. The van der Waals surface area contributed by atoms with Gasteiger partial charge < -0.3 is 18.9 Å². The van der Waals surface area contributed by atoms with Crippen molar-refractivity contribution in [3.8, 4) is 0 Å². The topological polar surface area (TPSA) is 140 Å². The molecule has 0 aliphatic carbocycles. The smallest absolute Gasteiger partial charge is 0.463 e. The highest BCUT2D eigenvalue weighted by Crippen LogP contribution is 1.99. The molecule has 0 aromatic carbocycles. The van der Waals surface area contributed by atoms with Crippen molar-refractivity contribution in [3.05, 3.63) is 10.1 Å². The fourth-order valence-corrected chi connectivity index (χ4v) is 1.00. The number of hydrogen-bond acceptors (Lipinski definition) is 10. The van der Waals surface area contributed by atoms with Gasteiger partial charge in [-0.1, -0.05) is 0 Å². The third-order valence-corrected chi connectivity index (χ3v) is 1.79. The van der Waals surface area contributed by atoms with E-state index in [0.717, 1.165) is 6.92 Å². The Morgan fingerprint density at radius 3 is 2.43 bits per heavy atom. The number of ether oxygens (including phenoxy) is 4. The van der Waals surface area contributed by atoms with E-state index in [4.69, 9.17) is 0 Å². The largest absolute Gasteiger partial charge is 0.510 e. The van der Waals surface area contributed by atoms with Gasteiger partial charge in [-0.05, 0) is 19.8 Å². The number of carbonyl (C=O) groups is 3. The first-order chi connectivity index (χ1) is 9.95. The first-order valence-corrected chi connectivity index (χ1v) is 5.81. The van der Waals surface area contributed by atoms with Crippen LogP contribution in [0.25, 0.3) is 0 Å². The Morgan fingerprint density at radius 2 is 1.86 bits per heavy atom. The second-order valence-corrected chi connectivity index (χ2v) is 3.45. The molecule has 0 heterocycles. The molecule has 120 valence electrons. The maximum Gasteiger partial charge on any atom is 0.510 e. The Hall–Kier alpha value is -2.59. The van der Waals surface area contributed by atoms with E-state index >= 15 is 0 Å². The van der Waals surface area contributed by atoms with Crippen LogP contribution >= 0.6 is 0 Å². The molecule has 0 bridgehead atoms. The lowest BCUT2D eigenvalue weighted by molar-refractivity contribution is -0.777. The minimum Gasteiger partial charge on any atom is -0.463 e. The van der Waals surface area contributed by atoms with Crippen LogP contribution < -0.4 is 0 Å². The molecule has 11 heteroatoms. The van der Waals surface area contributed by atoms with Gasteiger partial charge in [0.25, 0.3) is 11.6 Å². The van der Waals surface area contributed by atoms with E-state index in [1.165, 1.54) is 0 Å². The van der Waals surface area contributed by atoms with Gasteiger partial charge in [0, 0.05) is 0 Å². The number of rotatable bonds is 11. The zero-order valence-electron chi connectivity index (χ0n) is 11.2. The van der Waals surface area contributed by atoms with Gasteiger partial charge in [-0.3, -0.25) is 9.63 Å². The summed E-state index contributed by atoms with van der Waals surface area (Å²) in [5.74, 6) is -0.687. The van der Waals surface area contributed by atoms with Crippen LogP contribution in [0.5, 0.6) is 0 Å². The number of nitrogens with zero attached hydrogens (tertiary/aromatic N) is 1. The van der Waals surface area contributed by atoms with Crippen molar-refractivity contribution >= 4 is 18.6 Å². The summed E-state index contributed by atoms with van der Waals surface area (Å²) in [6.45, 7) is 0.878. The number of carbonyl (C=O) groups excluding carboxylic acids is 3. The van der Waals surface area contributed by atoms with Crippen molar-refractivity contribution < 1.29 is 43.3 Å². The number of hydrogen-bond donors (Lipinski definition) is 0. The zero-order chi connectivity index (χ0) is 16.1. The Balaban J connectivity index is 3.49. The van der Waals surface area contributed by atoms with E-state index in [2.05, 4.69) is 23.8 Å². The molecule has 0 N–H and O–H groups in total. The van der Waals surface area contributed by atoms with Gasteiger partial charge >= 0.3 is 12.1 Å². The Bertz CT molecular complexity index is 358. The van der Waals surface area contributed by atoms with Crippen molar-refractivity contribution in [3.63, 3.8) is 0 Å². The SMILES string of the molecule is CC(OC(=O)OCCCCOC(=O)COC=O)O[N+](=O)[O-]. The summed E-state index contributed by atoms with van der Waals surface area (Å²) in [4.78, 5) is 45.5. The van der Waals surface area contributed by atoms with Crippen LogP contribution in [-0.2, 0) is 33.4 Å². The Labute approximate surface area is 119 Å². The maximum atomic E-state index is 11.0. The molecule has 0 rings (SSSR count). The average Bonchev–Trinajstić information content (AvgIpc) is 2.39. The van der Waals surface area contributed by atoms with E-state index < -0.39 is 30.1 Å². The van der Waals surface area contributed by atoms with Crippen molar-refractivity contribution in [2.24, 2.45) is 0 Å². The zero-order valence-corrected chi connectivity index (χ0v) is 11.2. The monoisotopic (exact) mass is 309 g/mol. The lowest BCUT2D eigenvalue weighted by Gasteiger charge is -2.10. The predicted octanol–water partition coefficient (Wildman–Crippen LogP) is 0.190. The van der Waals surface area contributed by atoms with Gasteiger partial charge in [0.1, 0.15) is 0 Å². The summed E-state index contributed by atoms with van der Waals surface area (Å²) in [7, 11) is 0. The summed E-state index contributed by atoms with van der Waals surface area (Å²) in [6.07, 6.45) is -1.70. The molecular formula is C10H15NO10. The molecule has 0 radical (unpaired) electrons. The second-order valence-electron chi connectivity index (χ2n) is 3.45. The Morgan fingerprint density at radius 1 is 1.24 bits per heavy atom. The summed E-state index contributed by atoms with van der Waals surface area (Å²) < 4.78 is 17.8. The summed E-state index contributed by atoms with van der Waals surface area (Å²) in [5, 5.41) is 8.83. The average molecular weight is 309 g/mol. The lowest BCUT2D eigenvalue weighted by atomic mass is 10.3. The standard InChI is InChI=1S/C10H15NO10/c1-8(21-11(15)16)20-10(14)19-5-3-2-4-18-9(13)6-17-7-12/h7-8H,2-6H2,1H3. The van der Waals surface area contributed by atoms with E-state index in [0.29, 0.717) is 12.8 Å². The molecule has 0 aromatic rings. The van der Waals surface area contributed by atoms with E-state index in [9.17, 15) is 24.5 Å². The maximum absolute atomic E-state index is 11.0. The molecule has 21 heavy (non-hydrogen) atoms. The van der Waals surface area contributed by atoms with Gasteiger partial charge in [-0.2, -0.15) is 0 Å². The quantitative estimate of drug-likeness (QED) is 0.0987. The highest BCUT2D eigenvalue weighted by atomic mass is 17.0. The highest BCUT2D eigenvalue weighted by Gasteiger charge is 2.13. The number of esters is 1. The molecule has 0 spiro atoms. The van der Waals surface area contributed by atoms with Gasteiger partial charge in [-0.25, -0.2) is 9.59 Å². The fourth-order valence-electron chi connectivity index (χ4n) is 1.00. The first-order valence-electron chi connectivity index (χ1n) is 5.81. The second kappa shape index (κ2) is 11.3. The minimum absolute atomic E-state index is 0.0214. The molecule has 0 amide bonds. The fraction of sp³-hybridized carbons (Fsp3) is 0.700. The number of unbranched alkanes of at least 4 members (excludes halogenated alkanes) is 1. The lowest BCUT2D eigenvalue weighted by Crippen LogP contribution is -2.22. The molecule has 1 unspecified atom stereocenters. The van der Waals surface area contributed by atoms with E-state index in [-0.39, 0.29) is 19.7 Å². The Kier molecular flexibility index (Phi) is 9.87. The van der Waals surface area contributed by atoms with E-state index in [1.54, 1.807) is 0 Å². The van der Waals surface area contributed by atoms with Crippen LogP contribution in [0.1, 0.15) is 19.8 Å². The molecule has 0 aliphatic rings. The van der Waals surface area contributed by atoms with Gasteiger partial charge in [0.15, 0.2) is 6.61 Å². The van der Waals surface area contributed by atoms with Crippen LogP contribution in [0.2, 0.25) is 0 Å². The third kappa shape index (κ3) is 12.2. The summed E-state index contributed by atoms with van der Waals surface area (Å²) >= 11 is 0. The summed E-state index contributed by atoms with van der Waals surface area (Å²) in [5.41, 5.74) is 0. The van der Waals surface area contributed by atoms with Crippen molar-refractivity contribution in [2.75, 3.05) is 19.8 Å². The molecular weight excluding hydrogens is 294 g/mol. The molecule has 0 saturated carbocycles. The van der Waals surface area contributed by atoms with Crippen molar-refractivity contribution in [1.82, 2.24) is 0 Å². The van der Waals surface area contributed by atoms with Gasteiger partial charge in [0.05, 0.1) is 13.2 Å². The minimum atomic E-state index is -1.37. The van der Waals surface area contributed by atoms with Crippen molar-refractivity contribution in [1.29, 1.82) is 0 Å². The van der Waals surface area contributed by atoms with Gasteiger partial charge in [-0.15, -0.1) is 10.1 Å². The summed E-state index contributed by atoms with van der Waals surface area (Å²) in [6, 6.07) is 0. The van der Waals surface area contributed by atoms with Crippen LogP contribution in [0.3, 0.4) is 0 Å². The third-order valence-electron chi connectivity index (χ3n) is 1.79. The molecule has 0 aromatic heterocycles. The molecule has 0 aliphatic heterocycles. The van der Waals surface area contributed by atoms with Crippen molar-refractivity contribution in [2.45, 2.75) is 26.1 Å². The van der Waals surface area contributed by atoms with Crippen LogP contribution in [0, 0.1) is 10.1 Å². The van der Waals surface area contributed by atoms with Crippen LogP contribution in [0.4, 0.5) is 4.79 Å². The predicted molar refractivity (Wildman–Crippen MR) is 62.2 cm³/mol.